The predicted octanol–water partition coefficient (Wildman–Crippen LogP) is 5.93. The van der Waals surface area contributed by atoms with Gasteiger partial charge in [-0.3, -0.25) is 0 Å². The van der Waals surface area contributed by atoms with E-state index in [-0.39, 0.29) is 11.4 Å². The molecule has 6 heteroatoms. The number of hydrogen-bond donors (Lipinski definition) is 1. The van der Waals surface area contributed by atoms with Crippen LogP contribution in [0.2, 0.25) is 0 Å². The predicted molar refractivity (Wildman–Crippen MR) is 104 cm³/mol. The molecule has 0 bridgehead atoms. The van der Waals surface area contributed by atoms with E-state index in [0.717, 1.165) is 17.0 Å². The summed E-state index contributed by atoms with van der Waals surface area (Å²) in [6, 6.07) is 22.4. The van der Waals surface area contributed by atoms with Crippen LogP contribution in [0.3, 0.4) is 0 Å². The molecule has 0 atom stereocenters. The lowest BCUT2D eigenvalue weighted by molar-refractivity contribution is -0.137. The molecule has 3 aromatic carbocycles. The van der Waals surface area contributed by atoms with E-state index in [4.69, 9.17) is 0 Å². The smallest absolute Gasteiger partial charge is 0.365 e. The van der Waals surface area contributed by atoms with Crippen LogP contribution in [0.25, 0.3) is 22.3 Å². The van der Waals surface area contributed by atoms with Crippen LogP contribution in [0.5, 0.6) is 0 Å². The summed E-state index contributed by atoms with van der Waals surface area (Å²) in [5, 5.41) is 4.00. The largest absolute Gasteiger partial charge is 0.417 e. The maximum Gasteiger partial charge on any atom is 0.417 e. The number of para-hydroxylation sites is 1. The van der Waals surface area contributed by atoms with Crippen molar-refractivity contribution < 1.29 is 13.2 Å². The van der Waals surface area contributed by atoms with E-state index in [0.29, 0.717) is 17.9 Å². The number of nitrogens with one attached hydrogen (secondary N) is 1. The van der Waals surface area contributed by atoms with Gasteiger partial charge in [0.25, 0.3) is 0 Å². The van der Waals surface area contributed by atoms with Gasteiger partial charge in [0.05, 0.1) is 11.1 Å². The third-order valence-electron chi connectivity index (χ3n) is 4.38. The molecule has 0 unspecified atom stereocenters. The number of halogens is 3. The molecule has 0 amide bonds. The third kappa shape index (κ3) is 3.67. The number of nitrogens with zero attached hydrogens (tertiary/aromatic N) is 2. The van der Waals surface area contributed by atoms with Gasteiger partial charge in [0.1, 0.15) is 5.82 Å². The van der Waals surface area contributed by atoms with Crippen molar-refractivity contribution in [2.45, 2.75) is 12.7 Å². The van der Waals surface area contributed by atoms with Crippen LogP contribution in [-0.2, 0) is 12.7 Å². The highest BCUT2D eigenvalue weighted by Crippen LogP contribution is 2.36. The number of benzene rings is 3. The number of fused-ring (bicyclic) bond motifs is 1. The fraction of sp³-hybridized carbons (Fsp3) is 0.0909. The molecule has 28 heavy (non-hydrogen) atoms. The zero-order valence-corrected chi connectivity index (χ0v) is 14.7. The lowest BCUT2D eigenvalue weighted by Gasteiger charge is -2.14. The molecule has 0 aliphatic rings. The van der Waals surface area contributed by atoms with Crippen molar-refractivity contribution in [1.29, 1.82) is 0 Å². The summed E-state index contributed by atoms with van der Waals surface area (Å²) < 4.78 is 40.3. The number of alkyl halides is 3. The number of aromatic nitrogens is 2. The van der Waals surface area contributed by atoms with Gasteiger partial charge in [-0.1, -0.05) is 60.7 Å². The van der Waals surface area contributed by atoms with Crippen LogP contribution in [0.15, 0.2) is 78.9 Å². The molecule has 0 aliphatic carbocycles. The molecule has 0 spiro atoms. The highest BCUT2D eigenvalue weighted by Gasteiger charge is 2.34. The van der Waals surface area contributed by atoms with Gasteiger partial charge in [0.15, 0.2) is 5.82 Å². The fourth-order valence-corrected chi connectivity index (χ4v) is 3.04. The second kappa shape index (κ2) is 7.31. The highest BCUT2D eigenvalue weighted by atomic mass is 19.4. The molecule has 4 aromatic rings. The zero-order chi connectivity index (χ0) is 19.6. The quantitative estimate of drug-likeness (QED) is 0.478. The monoisotopic (exact) mass is 379 g/mol. The van der Waals surface area contributed by atoms with Crippen molar-refractivity contribution in [2.75, 3.05) is 5.32 Å². The minimum atomic E-state index is -4.48. The normalized spacial score (nSPS) is 11.5. The van der Waals surface area contributed by atoms with Crippen molar-refractivity contribution in [2.24, 2.45) is 0 Å². The summed E-state index contributed by atoms with van der Waals surface area (Å²) in [7, 11) is 0. The van der Waals surface area contributed by atoms with Crippen LogP contribution in [0.1, 0.15) is 11.1 Å². The van der Waals surface area contributed by atoms with E-state index in [1.807, 2.05) is 42.5 Å². The van der Waals surface area contributed by atoms with E-state index in [2.05, 4.69) is 15.3 Å². The standard InChI is InChI=1S/C22H16F3N3/c23-22(24,25)18-12-6-4-10-16(18)21-27-19-13-7-5-11-17(19)20(28-21)26-14-15-8-2-1-3-9-15/h1-13H,14H2,(H,26,27,28). The van der Waals surface area contributed by atoms with Crippen molar-refractivity contribution in [3.05, 3.63) is 90.0 Å². The van der Waals surface area contributed by atoms with Crippen molar-refractivity contribution in [1.82, 2.24) is 9.97 Å². The summed E-state index contributed by atoms with van der Waals surface area (Å²) >= 11 is 0. The summed E-state index contributed by atoms with van der Waals surface area (Å²) in [5.41, 5.74) is 0.838. The summed E-state index contributed by atoms with van der Waals surface area (Å²) in [4.78, 5) is 8.82. The molecule has 0 saturated carbocycles. The van der Waals surface area contributed by atoms with Crippen molar-refractivity contribution in [3.8, 4) is 11.4 Å². The topological polar surface area (TPSA) is 37.8 Å². The molecule has 1 N–H and O–H groups in total. The number of rotatable bonds is 4. The van der Waals surface area contributed by atoms with Crippen LogP contribution in [-0.4, -0.2) is 9.97 Å². The minimum Gasteiger partial charge on any atom is -0.365 e. The van der Waals surface area contributed by atoms with Gasteiger partial charge in [-0.2, -0.15) is 13.2 Å². The van der Waals surface area contributed by atoms with Crippen LogP contribution in [0.4, 0.5) is 19.0 Å². The fourth-order valence-electron chi connectivity index (χ4n) is 3.04. The lowest BCUT2D eigenvalue weighted by Crippen LogP contribution is -2.09. The average Bonchev–Trinajstić information content (AvgIpc) is 2.72. The molecule has 0 saturated heterocycles. The molecule has 140 valence electrons. The van der Waals surface area contributed by atoms with Gasteiger partial charge in [0, 0.05) is 17.5 Å². The molecule has 0 radical (unpaired) electrons. The van der Waals surface area contributed by atoms with E-state index in [1.54, 1.807) is 18.2 Å². The second-order valence-corrected chi connectivity index (χ2v) is 6.30. The number of hydrogen-bond acceptors (Lipinski definition) is 3. The maximum absolute atomic E-state index is 13.4. The van der Waals surface area contributed by atoms with Crippen LogP contribution < -0.4 is 5.32 Å². The first kappa shape index (κ1) is 18.0. The third-order valence-corrected chi connectivity index (χ3v) is 4.38. The Bertz CT molecular complexity index is 1110. The lowest BCUT2D eigenvalue weighted by atomic mass is 10.1. The molecule has 0 aliphatic heterocycles. The Morgan fingerprint density at radius 2 is 1.43 bits per heavy atom. The first-order valence-corrected chi connectivity index (χ1v) is 8.73. The molecular formula is C22H16F3N3. The van der Waals surface area contributed by atoms with Gasteiger partial charge in [-0.15, -0.1) is 0 Å². The van der Waals surface area contributed by atoms with Crippen molar-refractivity contribution >= 4 is 16.7 Å². The SMILES string of the molecule is FC(F)(F)c1ccccc1-c1nc(NCc2ccccc2)c2ccccc2n1. The van der Waals surface area contributed by atoms with Gasteiger partial charge < -0.3 is 5.32 Å². The first-order chi connectivity index (χ1) is 13.5. The van der Waals surface area contributed by atoms with Crippen molar-refractivity contribution in [3.63, 3.8) is 0 Å². The van der Waals surface area contributed by atoms with Gasteiger partial charge >= 0.3 is 6.18 Å². The van der Waals surface area contributed by atoms with Gasteiger partial charge in [-0.25, -0.2) is 9.97 Å². The summed E-state index contributed by atoms with van der Waals surface area (Å²) in [5.74, 6) is 0.545. The Labute approximate surface area is 159 Å². The van der Waals surface area contributed by atoms with E-state index in [1.165, 1.54) is 12.1 Å². The summed E-state index contributed by atoms with van der Waals surface area (Å²) in [6.45, 7) is 0.502. The van der Waals surface area contributed by atoms with E-state index in [9.17, 15) is 13.2 Å². The Balaban J connectivity index is 1.81. The Kier molecular flexibility index (Phi) is 4.69. The first-order valence-electron chi connectivity index (χ1n) is 8.73. The molecule has 4 rings (SSSR count). The van der Waals surface area contributed by atoms with Crippen LogP contribution in [0, 0.1) is 0 Å². The average molecular weight is 379 g/mol. The molecule has 0 fully saturated rings. The van der Waals surface area contributed by atoms with E-state index < -0.39 is 11.7 Å². The molecular weight excluding hydrogens is 363 g/mol. The highest BCUT2D eigenvalue weighted by molar-refractivity contribution is 5.90. The summed E-state index contributed by atoms with van der Waals surface area (Å²) in [6.07, 6.45) is -4.48. The Hall–Kier alpha value is -3.41. The molecule has 1 heterocycles. The maximum atomic E-state index is 13.4. The molecule has 1 aromatic heterocycles. The minimum absolute atomic E-state index is 0.0384. The molecule has 3 nitrogen and oxygen atoms in total. The Morgan fingerprint density at radius 1 is 0.750 bits per heavy atom. The van der Waals surface area contributed by atoms with Gasteiger partial charge in [-0.05, 0) is 23.8 Å². The van der Waals surface area contributed by atoms with E-state index >= 15 is 0 Å². The zero-order valence-electron chi connectivity index (χ0n) is 14.7. The second-order valence-electron chi connectivity index (χ2n) is 6.30. The van der Waals surface area contributed by atoms with Crippen LogP contribution >= 0.6 is 0 Å². The number of anilines is 1. The Morgan fingerprint density at radius 3 is 2.21 bits per heavy atom. The van der Waals surface area contributed by atoms with Gasteiger partial charge in [0.2, 0.25) is 0 Å².